The topological polar surface area (TPSA) is 67.6 Å². The molecule has 122 valence electrons. The summed E-state index contributed by atoms with van der Waals surface area (Å²) >= 11 is 0. The molecule has 2 aromatic carbocycles. The summed E-state index contributed by atoms with van der Waals surface area (Å²) < 4.78 is 32.7. The van der Waals surface area contributed by atoms with Crippen molar-refractivity contribution in [3.05, 3.63) is 70.6 Å². The highest BCUT2D eigenvalue weighted by Gasteiger charge is 2.34. The van der Waals surface area contributed by atoms with Crippen LogP contribution in [0.2, 0.25) is 0 Å². The molecule has 0 amide bonds. The lowest BCUT2D eigenvalue weighted by atomic mass is 10.0. The largest absolute Gasteiger partial charge is 0.423 e. The van der Waals surface area contributed by atoms with Gasteiger partial charge in [0.1, 0.15) is 5.58 Å². The Balaban J connectivity index is 1.84. The van der Waals surface area contributed by atoms with Crippen molar-refractivity contribution in [3.63, 3.8) is 0 Å². The quantitative estimate of drug-likeness (QED) is 0.672. The fourth-order valence-electron chi connectivity index (χ4n) is 3.14. The molecule has 1 aliphatic rings. The zero-order chi connectivity index (χ0) is 16.9. The lowest BCUT2D eigenvalue weighted by Crippen LogP contribution is -2.29. The van der Waals surface area contributed by atoms with E-state index in [9.17, 15) is 13.2 Å². The van der Waals surface area contributed by atoms with E-state index in [0.717, 1.165) is 11.3 Å². The number of para-hydroxylation sites is 1. The molecule has 1 unspecified atom stereocenters. The highest BCUT2D eigenvalue weighted by Crippen LogP contribution is 2.39. The highest BCUT2D eigenvalue weighted by atomic mass is 32.2. The molecule has 2 heterocycles. The summed E-state index contributed by atoms with van der Waals surface area (Å²) in [7, 11) is -3.67. The fourth-order valence-corrected chi connectivity index (χ4v) is 4.76. The van der Waals surface area contributed by atoms with Crippen LogP contribution in [0.3, 0.4) is 0 Å². The zero-order valence-corrected chi connectivity index (χ0v) is 13.8. The molecular formula is C18H15NO4S. The first-order valence-corrected chi connectivity index (χ1v) is 9.06. The molecule has 0 spiro atoms. The number of nitrogens with zero attached hydrogens (tertiary/aromatic N) is 1. The van der Waals surface area contributed by atoms with Gasteiger partial charge in [-0.1, -0.05) is 25.1 Å². The Morgan fingerprint density at radius 1 is 1.08 bits per heavy atom. The van der Waals surface area contributed by atoms with Crippen LogP contribution < -0.4 is 9.93 Å². The third kappa shape index (κ3) is 2.22. The van der Waals surface area contributed by atoms with E-state index >= 15 is 0 Å². The number of benzene rings is 2. The van der Waals surface area contributed by atoms with Crippen molar-refractivity contribution in [1.82, 2.24) is 0 Å². The van der Waals surface area contributed by atoms with Crippen molar-refractivity contribution in [1.29, 1.82) is 0 Å². The lowest BCUT2D eigenvalue weighted by molar-refractivity contribution is 0.560. The van der Waals surface area contributed by atoms with E-state index in [1.807, 2.05) is 31.2 Å². The van der Waals surface area contributed by atoms with Gasteiger partial charge in [-0.25, -0.2) is 13.2 Å². The minimum atomic E-state index is -3.67. The van der Waals surface area contributed by atoms with E-state index in [1.165, 1.54) is 22.5 Å². The SMILES string of the molecule is CC1CN(S(=O)(=O)c2ccc3oc(=O)ccc3c2)c2ccccc21. The molecule has 1 aliphatic heterocycles. The summed E-state index contributed by atoms with van der Waals surface area (Å²) in [5.41, 5.74) is 1.68. The van der Waals surface area contributed by atoms with Crippen molar-refractivity contribution in [3.8, 4) is 0 Å². The molecule has 1 aromatic heterocycles. The summed E-state index contributed by atoms with van der Waals surface area (Å²) in [5, 5.41) is 0.580. The lowest BCUT2D eigenvalue weighted by Gasteiger charge is -2.20. The Kier molecular flexibility index (Phi) is 3.25. The number of rotatable bonds is 2. The molecular weight excluding hydrogens is 326 g/mol. The van der Waals surface area contributed by atoms with Crippen LogP contribution >= 0.6 is 0 Å². The van der Waals surface area contributed by atoms with Gasteiger partial charge in [0.2, 0.25) is 0 Å². The summed E-state index contributed by atoms with van der Waals surface area (Å²) in [6.07, 6.45) is 0. The van der Waals surface area contributed by atoms with Crippen LogP contribution in [0.25, 0.3) is 11.0 Å². The monoisotopic (exact) mass is 341 g/mol. The van der Waals surface area contributed by atoms with Crippen LogP contribution in [-0.2, 0) is 10.0 Å². The predicted octanol–water partition coefficient (Wildman–Crippen LogP) is 3.11. The van der Waals surface area contributed by atoms with E-state index < -0.39 is 15.6 Å². The van der Waals surface area contributed by atoms with Gasteiger partial charge in [-0.15, -0.1) is 0 Å². The first-order chi connectivity index (χ1) is 11.5. The predicted molar refractivity (Wildman–Crippen MR) is 91.9 cm³/mol. The van der Waals surface area contributed by atoms with Crippen LogP contribution in [0.4, 0.5) is 5.69 Å². The Labute approximate surface area is 139 Å². The van der Waals surface area contributed by atoms with Gasteiger partial charge in [0.15, 0.2) is 0 Å². The van der Waals surface area contributed by atoms with Crippen LogP contribution in [0.5, 0.6) is 0 Å². The van der Waals surface area contributed by atoms with E-state index in [1.54, 1.807) is 12.1 Å². The highest BCUT2D eigenvalue weighted by molar-refractivity contribution is 7.92. The first-order valence-electron chi connectivity index (χ1n) is 7.62. The number of anilines is 1. The van der Waals surface area contributed by atoms with Crippen LogP contribution in [-0.4, -0.2) is 15.0 Å². The minimum absolute atomic E-state index is 0.148. The third-order valence-electron chi connectivity index (χ3n) is 4.35. The van der Waals surface area contributed by atoms with Crippen molar-refractivity contribution in [2.75, 3.05) is 10.8 Å². The molecule has 6 heteroatoms. The Hall–Kier alpha value is -2.60. The zero-order valence-electron chi connectivity index (χ0n) is 13.0. The number of sulfonamides is 1. The van der Waals surface area contributed by atoms with Gasteiger partial charge >= 0.3 is 5.63 Å². The molecule has 24 heavy (non-hydrogen) atoms. The van der Waals surface area contributed by atoms with Gasteiger partial charge in [0.25, 0.3) is 10.0 Å². The van der Waals surface area contributed by atoms with E-state index in [-0.39, 0.29) is 10.8 Å². The van der Waals surface area contributed by atoms with Gasteiger partial charge in [-0.2, -0.15) is 0 Å². The maximum atomic E-state index is 13.1. The standard InChI is InChI=1S/C18H15NO4S/c1-12-11-19(16-5-3-2-4-15(12)16)24(21,22)14-7-8-17-13(10-14)6-9-18(20)23-17/h2-10,12H,11H2,1H3. The Morgan fingerprint density at radius 2 is 1.88 bits per heavy atom. The second-order valence-corrected chi connectivity index (χ2v) is 7.81. The molecule has 0 aliphatic carbocycles. The van der Waals surface area contributed by atoms with Crippen molar-refractivity contribution < 1.29 is 12.8 Å². The van der Waals surface area contributed by atoms with Gasteiger partial charge in [-0.3, -0.25) is 4.31 Å². The van der Waals surface area contributed by atoms with Crippen LogP contribution in [0.1, 0.15) is 18.4 Å². The molecule has 0 radical (unpaired) electrons. The molecule has 0 saturated carbocycles. The number of hydrogen-bond donors (Lipinski definition) is 0. The molecule has 0 fully saturated rings. The van der Waals surface area contributed by atoms with Gasteiger partial charge in [0.05, 0.1) is 10.6 Å². The molecule has 4 rings (SSSR count). The Morgan fingerprint density at radius 3 is 2.71 bits per heavy atom. The van der Waals surface area contributed by atoms with Gasteiger partial charge in [0, 0.05) is 23.9 Å². The molecule has 0 bridgehead atoms. The summed E-state index contributed by atoms with van der Waals surface area (Å²) in [6, 6.07) is 15.0. The fraction of sp³-hybridized carbons (Fsp3) is 0.167. The maximum Gasteiger partial charge on any atom is 0.336 e. The van der Waals surface area contributed by atoms with Crippen molar-refractivity contribution >= 4 is 26.7 Å². The van der Waals surface area contributed by atoms with Crippen LogP contribution in [0.15, 0.2) is 68.7 Å². The Bertz CT molecular complexity index is 1100. The molecule has 0 saturated heterocycles. The normalized spacial score (nSPS) is 17.2. The minimum Gasteiger partial charge on any atom is -0.423 e. The molecule has 1 atom stereocenters. The first kappa shape index (κ1) is 15.0. The summed E-state index contributed by atoms with van der Waals surface area (Å²) in [6.45, 7) is 2.44. The second kappa shape index (κ2) is 5.21. The van der Waals surface area contributed by atoms with Gasteiger partial charge in [-0.05, 0) is 35.9 Å². The van der Waals surface area contributed by atoms with Gasteiger partial charge < -0.3 is 4.42 Å². The van der Waals surface area contributed by atoms with E-state index in [4.69, 9.17) is 4.42 Å². The number of hydrogen-bond acceptors (Lipinski definition) is 4. The second-order valence-electron chi connectivity index (χ2n) is 5.95. The third-order valence-corrected chi connectivity index (χ3v) is 6.13. The smallest absolute Gasteiger partial charge is 0.336 e. The van der Waals surface area contributed by atoms with Crippen LogP contribution in [0, 0.1) is 0 Å². The summed E-state index contributed by atoms with van der Waals surface area (Å²) in [4.78, 5) is 11.4. The van der Waals surface area contributed by atoms with Crippen molar-refractivity contribution in [2.45, 2.75) is 17.7 Å². The average molecular weight is 341 g/mol. The average Bonchev–Trinajstić information content (AvgIpc) is 2.92. The molecule has 5 nitrogen and oxygen atoms in total. The number of fused-ring (bicyclic) bond motifs is 2. The van der Waals surface area contributed by atoms with E-state index in [0.29, 0.717) is 17.5 Å². The molecule has 0 N–H and O–H groups in total. The maximum absolute atomic E-state index is 13.1. The van der Waals surface area contributed by atoms with Crippen molar-refractivity contribution in [2.24, 2.45) is 0 Å². The molecule has 3 aromatic rings. The van der Waals surface area contributed by atoms with E-state index in [2.05, 4.69) is 0 Å². The summed E-state index contributed by atoms with van der Waals surface area (Å²) in [5.74, 6) is 0.148.